The highest BCUT2D eigenvalue weighted by Crippen LogP contribution is 2.17. The third-order valence-electron chi connectivity index (χ3n) is 1.69. The zero-order valence-corrected chi connectivity index (χ0v) is 6.11. The van der Waals surface area contributed by atoms with Crippen molar-refractivity contribution in [3.05, 3.63) is 0 Å². The Balaban J connectivity index is 2.63. The van der Waals surface area contributed by atoms with E-state index in [2.05, 4.69) is 4.84 Å². The quantitative estimate of drug-likeness (QED) is 0.293. The lowest BCUT2D eigenvalue weighted by atomic mass is 10.1. The number of hydroxylamine groups is 2. The van der Waals surface area contributed by atoms with Gasteiger partial charge in [0, 0.05) is 0 Å². The van der Waals surface area contributed by atoms with Crippen molar-refractivity contribution in [1.29, 1.82) is 0 Å². The molecule has 12 heavy (non-hydrogen) atoms. The van der Waals surface area contributed by atoms with Crippen molar-refractivity contribution in [1.82, 2.24) is 5.23 Å². The van der Waals surface area contributed by atoms with Crippen molar-refractivity contribution in [3.63, 3.8) is 0 Å². The van der Waals surface area contributed by atoms with Crippen LogP contribution in [0.3, 0.4) is 0 Å². The topological polar surface area (TPSA) is 114 Å². The fourth-order valence-electron chi connectivity index (χ4n) is 0.932. The number of aliphatic hydroxyl groups excluding tert-OH is 4. The molecular formula is C5H11NO6. The van der Waals surface area contributed by atoms with E-state index in [1.807, 2.05) is 0 Å². The van der Waals surface area contributed by atoms with Crippen molar-refractivity contribution >= 4 is 0 Å². The van der Waals surface area contributed by atoms with Gasteiger partial charge < -0.3 is 20.4 Å². The number of hydrogen-bond acceptors (Lipinski definition) is 7. The summed E-state index contributed by atoms with van der Waals surface area (Å²) >= 11 is 0. The van der Waals surface area contributed by atoms with E-state index in [1.54, 1.807) is 0 Å². The zero-order chi connectivity index (χ0) is 9.30. The van der Waals surface area contributed by atoms with Gasteiger partial charge in [-0.25, -0.2) is 0 Å². The standard InChI is InChI=1S/C5H11NO6/c7-1-2-3(8)4(9)5(10)6(11)12-2/h2-5,7-11H,1H2/t2-,3+,4+,5-/m1/s1. The molecule has 1 heterocycles. The zero-order valence-electron chi connectivity index (χ0n) is 6.11. The molecule has 4 atom stereocenters. The van der Waals surface area contributed by atoms with E-state index < -0.39 is 31.1 Å². The lowest BCUT2D eigenvalue weighted by Gasteiger charge is -2.37. The van der Waals surface area contributed by atoms with Gasteiger partial charge in [0.2, 0.25) is 0 Å². The molecular weight excluding hydrogens is 170 g/mol. The summed E-state index contributed by atoms with van der Waals surface area (Å²) in [4.78, 5) is 4.41. The predicted molar refractivity (Wildman–Crippen MR) is 33.6 cm³/mol. The maximum atomic E-state index is 9.09. The smallest absolute Gasteiger partial charge is 0.185 e. The van der Waals surface area contributed by atoms with Gasteiger partial charge in [-0.2, -0.15) is 0 Å². The second kappa shape index (κ2) is 3.62. The monoisotopic (exact) mass is 181 g/mol. The molecule has 0 radical (unpaired) electrons. The Morgan fingerprint density at radius 1 is 1.17 bits per heavy atom. The Bertz CT molecular complexity index is 150. The van der Waals surface area contributed by atoms with E-state index in [0.717, 1.165) is 0 Å². The lowest BCUT2D eigenvalue weighted by Crippen LogP contribution is -2.59. The van der Waals surface area contributed by atoms with Crippen LogP contribution >= 0.6 is 0 Å². The molecule has 0 bridgehead atoms. The SMILES string of the molecule is OC[C@H]1ON(O)[C@H](O)[C@@H](O)[C@H]1O. The van der Waals surface area contributed by atoms with Crippen molar-refractivity contribution in [2.75, 3.05) is 6.61 Å². The van der Waals surface area contributed by atoms with Crippen molar-refractivity contribution in [2.24, 2.45) is 0 Å². The first-order valence-electron chi connectivity index (χ1n) is 3.38. The molecule has 0 saturated carbocycles. The molecule has 1 saturated heterocycles. The molecule has 1 aliphatic heterocycles. The van der Waals surface area contributed by atoms with Gasteiger partial charge >= 0.3 is 0 Å². The van der Waals surface area contributed by atoms with Gasteiger partial charge in [0.15, 0.2) is 6.23 Å². The predicted octanol–water partition coefficient (Wildman–Crippen LogP) is -2.98. The largest absolute Gasteiger partial charge is 0.393 e. The van der Waals surface area contributed by atoms with Crippen LogP contribution in [0.1, 0.15) is 0 Å². The van der Waals surface area contributed by atoms with Gasteiger partial charge in [-0.15, -0.1) is 0 Å². The summed E-state index contributed by atoms with van der Waals surface area (Å²) in [6, 6.07) is 0. The van der Waals surface area contributed by atoms with E-state index >= 15 is 0 Å². The molecule has 0 aromatic carbocycles. The van der Waals surface area contributed by atoms with Crippen LogP contribution < -0.4 is 0 Å². The fraction of sp³-hybridized carbons (Fsp3) is 1.00. The van der Waals surface area contributed by atoms with Gasteiger partial charge in [-0.05, 0) is 5.23 Å². The Labute approximate surface area is 67.9 Å². The third-order valence-corrected chi connectivity index (χ3v) is 1.69. The average Bonchev–Trinajstić information content (AvgIpc) is 2.08. The van der Waals surface area contributed by atoms with Crippen LogP contribution in [0.15, 0.2) is 0 Å². The number of hydrogen-bond donors (Lipinski definition) is 5. The Hall–Kier alpha value is -0.280. The van der Waals surface area contributed by atoms with Gasteiger partial charge in [0.1, 0.15) is 18.3 Å². The minimum absolute atomic E-state index is 0.00171. The first kappa shape index (κ1) is 9.81. The van der Waals surface area contributed by atoms with Crippen LogP contribution in [0.4, 0.5) is 0 Å². The van der Waals surface area contributed by atoms with Crippen molar-refractivity contribution in [3.8, 4) is 0 Å². The average molecular weight is 181 g/mol. The van der Waals surface area contributed by atoms with Crippen molar-refractivity contribution < 1.29 is 30.5 Å². The van der Waals surface area contributed by atoms with Crippen LogP contribution in [0.5, 0.6) is 0 Å². The lowest BCUT2D eigenvalue weighted by molar-refractivity contribution is -0.460. The Kier molecular flexibility index (Phi) is 2.96. The summed E-state index contributed by atoms with van der Waals surface area (Å²) in [6.45, 7) is -0.567. The van der Waals surface area contributed by atoms with Gasteiger partial charge in [0.05, 0.1) is 6.61 Å². The molecule has 1 aliphatic rings. The summed E-state index contributed by atoms with van der Waals surface area (Å²) < 4.78 is 0. The third kappa shape index (κ3) is 1.57. The second-order valence-electron chi connectivity index (χ2n) is 2.52. The first-order chi connectivity index (χ1) is 5.57. The summed E-state index contributed by atoms with van der Waals surface area (Å²) in [5.41, 5.74) is 0. The molecule has 0 aromatic rings. The summed E-state index contributed by atoms with van der Waals surface area (Å²) in [5.74, 6) is 0. The summed E-state index contributed by atoms with van der Waals surface area (Å²) in [6.07, 6.45) is -5.83. The summed E-state index contributed by atoms with van der Waals surface area (Å²) in [7, 11) is 0. The number of nitrogens with zero attached hydrogens (tertiary/aromatic N) is 1. The van der Waals surface area contributed by atoms with E-state index in [-0.39, 0.29) is 5.23 Å². The maximum absolute atomic E-state index is 9.09. The van der Waals surface area contributed by atoms with E-state index in [9.17, 15) is 0 Å². The molecule has 0 spiro atoms. The van der Waals surface area contributed by atoms with Gasteiger partial charge in [-0.3, -0.25) is 10.0 Å². The molecule has 1 rings (SSSR count). The molecule has 7 nitrogen and oxygen atoms in total. The fourth-order valence-corrected chi connectivity index (χ4v) is 0.932. The maximum Gasteiger partial charge on any atom is 0.185 e. The molecule has 0 amide bonds. The van der Waals surface area contributed by atoms with E-state index in [0.29, 0.717) is 0 Å². The van der Waals surface area contributed by atoms with Crippen LogP contribution in [0.25, 0.3) is 0 Å². The Morgan fingerprint density at radius 2 is 1.75 bits per heavy atom. The van der Waals surface area contributed by atoms with Gasteiger partial charge in [-0.1, -0.05) is 0 Å². The molecule has 0 aliphatic carbocycles. The van der Waals surface area contributed by atoms with E-state index in [1.165, 1.54) is 0 Å². The highest BCUT2D eigenvalue weighted by molar-refractivity contribution is 4.82. The van der Waals surface area contributed by atoms with Crippen LogP contribution in [0, 0.1) is 0 Å². The normalized spacial score (nSPS) is 44.8. The highest BCUT2D eigenvalue weighted by atomic mass is 16.9. The van der Waals surface area contributed by atoms with E-state index in [4.69, 9.17) is 25.6 Å². The first-order valence-corrected chi connectivity index (χ1v) is 3.38. The molecule has 72 valence electrons. The van der Waals surface area contributed by atoms with Crippen molar-refractivity contribution in [2.45, 2.75) is 24.5 Å². The molecule has 7 heteroatoms. The molecule has 5 N–H and O–H groups in total. The Morgan fingerprint density at radius 3 is 2.25 bits per heavy atom. The number of rotatable bonds is 1. The van der Waals surface area contributed by atoms with Crippen LogP contribution in [-0.4, -0.2) is 62.0 Å². The number of aliphatic hydroxyl groups is 4. The minimum Gasteiger partial charge on any atom is -0.393 e. The summed E-state index contributed by atoms with van der Waals surface area (Å²) in [5, 5.41) is 44.3. The molecule has 0 aromatic heterocycles. The van der Waals surface area contributed by atoms with Crippen LogP contribution in [0.2, 0.25) is 0 Å². The van der Waals surface area contributed by atoms with Crippen LogP contribution in [-0.2, 0) is 4.84 Å². The molecule has 0 unspecified atom stereocenters. The molecule has 1 fully saturated rings. The minimum atomic E-state index is -1.71. The van der Waals surface area contributed by atoms with Gasteiger partial charge in [0.25, 0.3) is 0 Å². The second-order valence-corrected chi connectivity index (χ2v) is 2.52. The highest BCUT2D eigenvalue weighted by Gasteiger charge is 2.42.